The van der Waals surface area contributed by atoms with Crippen molar-refractivity contribution in [3.05, 3.63) is 69.6 Å². The van der Waals surface area contributed by atoms with Crippen LogP contribution in [0.1, 0.15) is 34.5 Å². The van der Waals surface area contributed by atoms with Crippen molar-refractivity contribution < 1.29 is 18.0 Å². The van der Waals surface area contributed by atoms with Crippen molar-refractivity contribution in [1.82, 2.24) is 15.2 Å². The minimum absolute atomic E-state index is 0.218. The monoisotopic (exact) mass is 367 g/mol. The number of H-pyrrole nitrogens is 1. The summed E-state index contributed by atoms with van der Waals surface area (Å²) >= 11 is 0. The lowest BCUT2D eigenvalue weighted by atomic mass is 9.99. The summed E-state index contributed by atoms with van der Waals surface area (Å²) in [6.45, 7) is 1.73. The van der Waals surface area contributed by atoms with E-state index < -0.39 is 34.8 Å². The molecule has 0 radical (unpaired) electrons. The number of hydrogen-bond acceptors (Lipinski definition) is 3. The molecule has 0 aliphatic rings. The van der Waals surface area contributed by atoms with Crippen molar-refractivity contribution in [2.75, 3.05) is 14.1 Å². The number of aromatic nitrogens is 1. The van der Waals surface area contributed by atoms with Crippen LogP contribution in [0, 0.1) is 0 Å². The van der Waals surface area contributed by atoms with E-state index in [-0.39, 0.29) is 6.04 Å². The lowest BCUT2D eigenvalue weighted by molar-refractivity contribution is -0.137. The molecule has 5 nitrogen and oxygen atoms in total. The molecule has 0 fully saturated rings. The van der Waals surface area contributed by atoms with E-state index in [9.17, 15) is 22.8 Å². The molecule has 2 aromatic rings. The molecule has 2 rings (SSSR count). The Hall–Kier alpha value is -2.61. The molecule has 26 heavy (non-hydrogen) atoms. The highest BCUT2D eigenvalue weighted by atomic mass is 19.4. The molecule has 1 aromatic heterocycles. The molecule has 8 heteroatoms. The first-order valence-corrected chi connectivity index (χ1v) is 7.93. The number of likely N-dealkylation sites (N-methyl/N-ethyl adjacent to an activating group) is 1. The van der Waals surface area contributed by atoms with Crippen molar-refractivity contribution >= 4 is 5.91 Å². The van der Waals surface area contributed by atoms with Gasteiger partial charge in [-0.1, -0.05) is 30.3 Å². The number of aromatic amines is 1. The standard InChI is InChI=1S/C18H20F3N3O2/c1-11(15(24(2)3)12-7-5-4-6-8-12)23-17(26)14-9-13(18(19,20)21)10-22-16(14)25/h4-11,15H,1-3H3,(H,22,25)(H,23,26). The number of hydrogen-bond donors (Lipinski definition) is 2. The first kappa shape index (κ1) is 19.7. The zero-order chi connectivity index (χ0) is 19.5. The summed E-state index contributed by atoms with van der Waals surface area (Å²) < 4.78 is 38.5. The summed E-state index contributed by atoms with van der Waals surface area (Å²) in [5.41, 5.74) is -1.59. The molecule has 1 aromatic carbocycles. The van der Waals surface area contributed by atoms with Crippen LogP contribution in [0.5, 0.6) is 0 Å². The Morgan fingerprint density at radius 2 is 1.81 bits per heavy atom. The molecule has 0 spiro atoms. The molecule has 1 heterocycles. The summed E-state index contributed by atoms with van der Waals surface area (Å²) in [4.78, 5) is 28.0. The Bertz CT molecular complexity index is 816. The molecule has 2 atom stereocenters. The molecular formula is C18H20F3N3O2. The van der Waals surface area contributed by atoms with Gasteiger partial charge in [0.25, 0.3) is 11.5 Å². The number of halogens is 3. The van der Waals surface area contributed by atoms with Crippen LogP contribution in [0.15, 0.2) is 47.4 Å². The molecule has 2 N–H and O–H groups in total. The molecule has 0 aliphatic heterocycles. The summed E-state index contributed by atoms with van der Waals surface area (Å²) in [7, 11) is 3.66. The number of rotatable bonds is 5. The van der Waals surface area contributed by atoms with Crippen LogP contribution in [0.2, 0.25) is 0 Å². The number of carbonyl (C=O) groups excluding carboxylic acids is 1. The second-order valence-corrected chi connectivity index (χ2v) is 6.21. The van der Waals surface area contributed by atoms with Crippen LogP contribution >= 0.6 is 0 Å². The van der Waals surface area contributed by atoms with Gasteiger partial charge in [-0.3, -0.25) is 9.59 Å². The van der Waals surface area contributed by atoms with Gasteiger partial charge in [-0.15, -0.1) is 0 Å². The molecule has 0 saturated carbocycles. The van der Waals surface area contributed by atoms with Crippen LogP contribution in [-0.2, 0) is 6.18 Å². The van der Waals surface area contributed by atoms with E-state index >= 15 is 0 Å². The van der Waals surface area contributed by atoms with E-state index in [4.69, 9.17) is 0 Å². The van der Waals surface area contributed by atoms with Gasteiger partial charge in [0.2, 0.25) is 0 Å². The Balaban J connectivity index is 2.27. The highest BCUT2D eigenvalue weighted by molar-refractivity contribution is 5.94. The summed E-state index contributed by atoms with van der Waals surface area (Å²) in [6, 6.07) is 9.26. The van der Waals surface area contributed by atoms with E-state index in [1.807, 2.05) is 54.3 Å². The minimum Gasteiger partial charge on any atom is -0.347 e. The molecule has 0 saturated heterocycles. The number of alkyl halides is 3. The number of nitrogens with one attached hydrogen (secondary N) is 2. The van der Waals surface area contributed by atoms with Crippen molar-refractivity contribution in [1.29, 1.82) is 0 Å². The lowest BCUT2D eigenvalue weighted by Gasteiger charge is -2.31. The van der Waals surface area contributed by atoms with Crippen molar-refractivity contribution in [3.8, 4) is 0 Å². The highest BCUT2D eigenvalue weighted by Gasteiger charge is 2.32. The van der Waals surface area contributed by atoms with E-state index in [0.29, 0.717) is 12.3 Å². The van der Waals surface area contributed by atoms with Gasteiger partial charge in [0.1, 0.15) is 5.56 Å². The number of pyridine rings is 1. The fourth-order valence-electron chi connectivity index (χ4n) is 2.86. The second-order valence-electron chi connectivity index (χ2n) is 6.21. The Morgan fingerprint density at radius 3 is 2.35 bits per heavy atom. The van der Waals surface area contributed by atoms with Gasteiger partial charge in [-0.05, 0) is 32.6 Å². The molecule has 140 valence electrons. The smallest absolute Gasteiger partial charge is 0.347 e. The Labute approximate surface area is 148 Å². The van der Waals surface area contributed by atoms with Gasteiger partial charge in [0, 0.05) is 12.2 Å². The van der Waals surface area contributed by atoms with Crippen molar-refractivity contribution in [2.24, 2.45) is 0 Å². The van der Waals surface area contributed by atoms with Crippen LogP contribution in [0.4, 0.5) is 13.2 Å². The van der Waals surface area contributed by atoms with Gasteiger partial charge < -0.3 is 15.2 Å². The van der Waals surface area contributed by atoms with E-state index in [0.717, 1.165) is 5.56 Å². The van der Waals surface area contributed by atoms with Crippen LogP contribution < -0.4 is 10.9 Å². The first-order chi connectivity index (χ1) is 12.1. The summed E-state index contributed by atoms with van der Waals surface area (Å²) in [6.07, 6.45) is -4.10. The second kappa shape index (κ2) is 7.74. The summed E-state index contributed by atoms with van der Waals surface area (Å²) in [5, 5.41) is 2.63. The zero-order valence-electron chi connectivity index (χ0n) is 14.6. The fourth-order valence-corrected chi connectivity index (χ4v) is 2.86. The van der Waals surface area contributed by atoms with Gasteiger partial charge in [-0.25, -0.2) is 0 Å². The topological polar surface area (TPSA) is 65.2 Å². The third-order valence-electron chi connectivity index (χ3n) is 4.00. The predicted octanol–water partition coefficient (Wildman–Crippen LogP) is 2.81. The Kier molecular flexibility index (Phi) is 5.86. The molecule has 0 bridgehead atoms. The maximum Gasteiger partial charge on any atom is 0.417 e. The van der Waals surface area contributed by atoms with Crippen molar-refractivity contribution in [3.63, 3.8) is 0 Å². The van der Waals surface area contributed by atoms with Gasteiger partial charge in [0.15, 0.2) is 0 Å². The number of carbonyl (C=O) groups is 1. The van der Waals surface area contributed by atoms with Gasteiger partial charge in [0.05, 0.1) is 11.6 Å². The molecule has 0 aliphatic carbocycles. The largest absolute Gasteiger partial charge is 0.417 e. The Morgan fingerprint density at radius 1 is 1.19 bits per heavy atom. The predicted molar refractivity (Wildman–Crippen MR) is 91.9 cm³/mol. The van der Waals surface area contributed by atoms with Crippen molar-refractivity contribution in [2.45, 2.75) is 25.2 Å². The van der Waals surface area contributed by atoms with E-state index in [2.05, 4.69) is 5.32 Å². The highest BCUT2D eigenvalue weighted by Crippen LogP contribution is 2.28. The van der Waals surface area contributed by atoms with Crippen LogP contribution in [-0.4, -0.2) is 35.9 Å². The minimum atomic E-state index is -4.65. The molecule has 1 amide bonds. The van der Waals surface area contributed by atoms with Gasteiger partial charge in [-0.2, -0.15) is 13.2 Å². The quantitative estimate of drug-likeness (QED) is 0.854. The average molecular weight is 367 g/mol. The average Bonchev–Trinajstić information content (AvgIpc) is 2.54. The van der Waals surface area contributed by atoms with Crippen LogP contribution in [0.25, 0.3) is 0 Å². The maximum absolute atomic E-state index is 12.8. The zero-order valence-corrected chi connectivity index (χ0v) is 14.6. The fraction of sp³-hybridized carbons (Fsp3) is 0.333. The maximum atomic E-state index is 12.8. The van der Waals surface area contributed by atoms with Gasteiger partial charge >= 0.3 is 6.18 Å². The lowest BCUT2D eigenvalue weighted by Crippen LogP contribution is -2.43. The molecule has 2 unspecified atom stereocenters. The third-order valence-corrected chi connectivity index (χ3v) is 4.00. The number of nitrogens with zero attached hydrogens (tertiary/aromatic N) is 1. The molecular weight excluding hydrogens is 347 g/mol. The van der Waals surface area contributed by atoms with Crippen LogP contribution in [0.3, 0.4) is 0 Å². The number of amides is 1. The third kappa shape index (κ3) is 4.51. The van der Waals surface area contributed by atoms with E-state index in [1.54, 1.807) is 6.92 Å². The number of benzene rings is 1. The van der Waals surface area contributed by atoms with E-state index in [1.165, 1.54) is 0 Å². The normalized spacial score (nSPS) is 14.1. The SMILES string of the molecule is CC(NC(=O)c1cc(C(F)(F)F)c[nH]c1=O)C(c1ccccc1)N(C)C. The summed E-state index contributed by atoms with van der Waals surface area (Å²) in [5.74, 6) is -0.854. The first-order valence-electron chi connectivity index (χ1n) is 7.93.